The van der Waals surface area contributed by atoms with E-state index in [1.54, 1.807) is 0 Å². The minimum Gasteiger partial charge on any atom is -0.466 e. The van der Waals surface area contributed by atoms with Crippen LogP contribution >= 0.6 is 0 Å². The molecule has 1 aromatic carbocycles. The third-order valence-electron chi connectivity index (χ3n) is 3.86. The van der Waals surface area contributed by atoms with Gasteiger partial charge in [-0.3, -0.25) is 4.79 Å². The van der Waals surface area contributed by atoms with Gasteiger partial charge in [0.25, 0.3) is 0 Å². The molecule has 1 heterocycles. The molecule has 3 atom stereocenters. The lowest BCUT2D eigenvalue weighted by Gasteiger charge is -2.31. The van der Waals surface area contributed by atoms with E-state index < -0.39 is 6.10 Å². The largest absolute Gasteiger partial charge is 0.466 e. The maximum atomic E-state index is 11.8. The van der Waals surface area contributed by atoms with Crippen molar-refractivity contribution in [3.8, 4) is 0 Å². The number of esters is 1. The van der Waals surface area contributed by atoms with Crippen LogP contribution in [0.25, 0.3) is 6.08 Å². The third kappa shape index (κ3) is 6.55. The van der Waals surface area contributed by atoms with Crippen molar-refractivity contribution in [1.82, 2.24) is 0 Å². The molecular formula is C19H26O4. The summed E-state index contributed by atoms with van der Waals surface area (Å²) in [6, 6.07) is 9.95. The summed E-state index contributed by atoms with van der Waals surface area (Å²) in [5.41, 5.74) is 1.09. The first kappa shape index (κ1) is 17.7. The van der Waals surface area contributed by atoms with Gasteiger partial charge in [0, 0.05) is 12.8 Å². The third-order valence-corrected chi connectivity index (χ3v) is 3.86. The first-order valence-corrected chi connectivity index (χ1v) is 8.39. The van der Waals surface area contributed by atoms with Crippen molar-refractivity contribution in [3.63, 3.8) is 0 Å². The Morgan fingerprint density at radius 1 is 1.35 bits per heavy atom. The van der Waals surface area contributed by atoms with Crippen LogP contribution < -0.4 is 0 Å². The van der Waals surface area contributed by atoms with Crippen molar-refractivity contribution < 1.29 is 19.4 Å². The molecule has 2 rings (SSSR count). The molecule has 23 heavy (non-hydrogen) atoms. The van der Waals surface area contributed by atoms with Gasteiger partial charge in [0.1, 0.15) is 0 Å². The molecule has 1 saturated heterocycles. The second-order valence-electron chi connectivity index (χ2n) is 5.97. The molecule has 0 unspecified atom stereocenters. The number of hydrogen-bond donors (Lipinski definition) is 1. The van der Waals surface area contributed by atoms with E-state index in [1.165, 1.54) is 0 Å². The van der Waals surface area contributed by atoms with Gasteiger partial charge in [-0.2, -0.15) is 0 Å². The van der Waals surface area contributed by atoms with Crippen molar-refractivity contribution in [3.05, 3.63) is 42.0 Å². The molecule has 4 heteroatoms. The normalized spacial score (nSPS) is 24.7. The predicted octanol–water partition coefficient (Wildman–Crippen LogP) is 3.34. The Kier molecular flexibility index (Phi) is 7.30. The van der Waals surface area contributed by atoms with Crippen LogP contribution in [0, 0.1) is 0 Å². The van der Waals surface area contributed by atoms with Crippen LogP contribution in [0.1, 0.15) is 44.6 Å². The summed E-state index contributed by atoms with van der Waals surface area (Å²) in [6.45, 7) is 2.51. The summed E-state index contributed by atoms with van der Waals surface area (Å²) in [5, 5.41) is 10.0. The number of aliphatic hydroxyl groups excluding tert-OH is 1. The van der Waals surface area contributed by atoms with Crippen LogP contribution in [-0.4, -0.2) is 36.0 Å². The average Bonchev–Trinajstić information content (AvgIpc) is 2.54. The highest BCUT2D eigenvalue weighted by molar-refractivity contribution is 5.70. The molecule has 0 bridgehead atoms. The highest BCUT2D eigenvalue weighted by Crippen LogP contribution is 2.23. The Labute approximate surface area is 138 Å². The van der Waals surface area contributed by atoms with E-state index in [2.05, 4.69) is 6.92 Å². The SMILES string of the molecule is CCCCOC(=O)C[C@@H]1C[C@H](O)C[C@H](/C=C/c2ccccc2)O1. The maximum absolute atomic E-state index is 11.8. The zero-order valence-electron chi connectivity index (χ0n) is 13.7. The highest BCUT2D eigenvalue weighted by atomic mass is 16.5. The molecule has 1 aromatic rings. The zero-order chi connectivity index (χ0) is 16.5. The monoisotopic (exact) mass is 318 g/mol. The second kappa shape index (κ2) is 9.48. The van der Waals surface area contributed by atoms with E-state index in [1.807, 2.05) is 42.5 Å². The van der Waals surface area contributed by atoms with Crippen LogP contribution in [0.2, 0.25) is 0 Å². The lowest BCUT2D eigenvalue weighted by atomic mass is 9.98. The smallest absolute Gasteiger partial charge is 0.308 e. The fourth-order valence-electron chi connectivity index (χ4n) is 2.64. The summed E-state index contributed by atoms with van der Waals surface area (Å²) in [6.07, 6.45) is 6.17. The van der Waals surface area contributed by atoms with E-state index in [-0.39, 0.29) is 24.6 Å². The summed E-state index contributed by atoms with van der Waals surface area (Å²) >= 11 is 0. The van der Waals surface area contributed by atoms with Gasteiger partial charge in [-0.1, -0.05) is 55.8 Å². The number of ether oxygens (including phenoxy) is 2. The zero-order valence-corrected chi connectivity index (χ0v) is 13.7. The Bertz CT molecular complexity index is 497. The average molecular weight is 318 g/mol. The van der Waals surface area contributed by atoms with Gasteiger partial charge in [0.05, 0.1) is 31.3 Å². The molecule has 4 nitrogen and oxygen atoms in total. The van der Waals surface area contributed by atoms with Crippen molar-refractivity contribution in [2.45, 2.75) is 57.3 Å². The van der Waals surface area contributed by atoms with Crippen molar-refractivity contribution in [2.24, 2.45) is 0 Å². The molecule has 0 saturated carbocycles. The lowest BCUT2D eigenvalue weighted by Crippen LogP contribution is -2.36. The molecule has 0 spiro atoms. The Morgan fingerprint density at radius 3 is 2.87 bits per heavy atom. The van der Waals surface area contributed by atoms with E-state index in [0.29, 0.717) is 19.4 Å². The first-order chi connectivity index (χ1) is 11.2. The number of carbonyl (C=O) groups excluding carboxylic acids is 1. The van der Waals surface area contributed by atoms with Gasteiger partial charge in [0.2, 0.25) is 0 Å². The molecule has 0 amide bonds. The molecular weight excluding hydrogens is 292 g/mol. The second-order valence-corrected chi connectivity index (χ2v) is 5.97. The van der Waals surface area contributed by atoms with Gasteiger partial charge in [0.15, 0.2) is 0 Å². The summed E-state index contributed by atoms with van der Waals surface area (Å²) in [5.74, 6) is -0.247. The van der Waals surface area contributed by atoms with Gasteiger partial charge >= 0.3 is 5.97 Å². The fraction of sp³-hybridized carbons (Fsp3) is 0.526. The van der Waals surface area contributed by atoms with Crippen molar-refractivity contribution >= 4 is 12.0 Å². The van der Waals surface area contributed by atoms with E-state index in [4.69, 9.17) is 9.47 Å². The number of aliphatic hydroxyl groups is 1. The topological polar surface area (TPSA) is 55.8 Å². The number of hydrogen-bond acceptors (Lipinski definition) is 4. The van der Waals surface area contributed by atoms with Gasteiger partial charge < -0.3 is 14.6 Å². The number of rotatable bonds is 7. The van der Waals surface area contributed by atoms with Gasteiger partial charge in [-0.05, 0) is 12.0 Å². The molecule has 1 N–H and O–H groups in total. The van der Waals surface area contributed by atoms with Crippen LogP contribution in [0.4, 0.5) is 0 Å². The summed E-state index contributed by atoms with van der Waals surface area (Å²) in [4.78, 5) is 11.8. The molecule has 0 aromatic heterocycles. The quantitative estimate of drug-likeness (QED) is 0.619. The molecule has 1 aliphatic rings. The number of carbonyl (C=O) groups is 1. The predicted molar refractivity (Wildman–Crippen MR) is 89.9 cm³/mol. The Hall–Kier alpha value is -1.65. The van der Waals surface area contributed by atoms with Gasteiger partial charge in [-0.25, -0.2) is 0 Å². The standard InChI is InChI=1S/C19H26O4/c1-2-3-11-22-19(21)14-18-13-16(20)12-17(23-18)10-9-15-7-5-4-6-8-15/h4-10,16-18,20H,2-3,11-14H2,1H3/b10-9+/t16-,17+,18+/m1/s1. The van der Waals surface area contributed by atoms with Crippen LogP contribution in [0.5, 0.6) is 0 Å². The van der Waals surface area contributed by atoms with Gasteiger partial charge in [-0.15, -0.1) is 0 Å². The maximum Gasteiger partial charge on any atom is 0.308 e. The number of benzene rings is 1. The molecule has 1 fully saturated rings. The first-order valence-electron chi connectivity index (χ1n) is 8.39. The van der Waals surface area contributed by atoms with Crippen molar-refractivity contribution in [2.75, 3.05) is 6.61 Å². The Balaban J connectivity index is 1.83. The van der Waals surface area contributed by atoms with E-state index in [0.717, 1.165) is 18.4 Å². The highest BCUT2D eigenvalue weighted by Gasteiger charge is 2.28. The lowest BCUT2D eigenvalue weighted by molar-refractivity contribution is -0.151. The van der Waals surface area contributed by atoms with Crippen LogP contribution in [0.15, 0.2) is 36.4 Å². The molecule has 0 aliphatic carbocycles. The van der Waals surface area contributed by atoms with E-state index >= 15 is 0 Å². The Morgan fingerprint density at radius 2 is 2.13 bits per heavy atom. The van der Waals surface area contributed by atoms with Crippen LogP contribution in [-0.2, 0) is 14.3 Å². The van der Waals surface area contributed by atoms with Crippen molar-refractivity contribution in [1.29, 1.82) is 0 Å². The van der Waals surface area contributed by atoms with E-state index in [9.17, 15) is 9.90 Å². The number of unbranched alkanes of at least 4 members (excludes halogenated alkanes) is 1. The summed E-state index contributed by atoms with van der Waals surface area (Å²) in [7, 11) is 0. The molecule has 1 aliphatic heterocycles. The fourth-order valence-corrected chi connectivity index (χ4v) is 2.64. The van der Waals surface area contributed by atoms with Crippen LogP contribution in [0.3, 0.4) is 0 Å². The minimum absolute atomic E-state index is 0.174. The molecule has 126 valence electrons. The molecule has 0 radical (unpaired) electrons. The summed E-state index contributed by atoms with van der Waals surface area (Å²) < 4.78 is 11.1. The minimum atomic E-state index is -0.442.